The highest BCUT2D eigenvalue weighted by molar-refractivity contribution is 6.11. The lowest BCUT2D eigenvalue weighted by atomic mass is 10.0. The van der Waals surface area contributed by atoms with Crippen LogP contribution < -0.4 is 0 Å². The first-order valence-electron chi connectivity index (χ1n) is 7.31. The number of aromatic amines is 1. The molecular formula is C16H15N3O4. The molecule has 0 spiro atoms. The summed E-state index contributed by atoms with van der Waals surface area (Å²) < 4.78 is 5.05. The summed E-state index contributed by atoms with van der Waals surface area (Å²) in [6, 6.07) is 4.63. The molecule has 0 aliphatic heterocycles. The van der Waals surface area contributed by atoms with E-state index in [9.17, 15) is 14.9 Å². The maximum atomic E-state index is 12.1. The molecule has 0 amide bonds. The first-order chi connectivity index (χ1) is 11.1. The summed E-state index contributed by atoms with van der Waals surface area (Å²) in [5, 5.41) is 12.5. The van der Waals surface area contributed by atoms with Gasteiger partial charge in [0.05, 0.1) is 23.2 Å². The van der Waals surface area contributed by atoms with Gasteiger partial charge in [-0.3, -0.25) is 10.1 Å². The number of nitro benzene ring substituents is 1. The Kier molecular flexibility index (Phi) is 3.69. The van der Waals surface area contributed by atoms with Gasteiger partial charge in [0.2, 0.25) is 0 Å². The normalized spacial score (nSPS) is 11.0. The van der Waals surface area contributed by atoms with Gasteiger partial charge in [0.25, 0.3) is 5.69 Å². The van der Waals surface area contributed by atoms with Crippen LogP contribution >= 0.6 is 0 Å². The number of rotatable bonds is 4. The van der Waals surface area contributed by atoms with Crippen LogP contribution in [0.1, 0.15) is 29.9 Å². The number of nitrogens with one attached hydrogen (secondary N) is 1. The summed E-state index contributed by atoms with van der Waals surface area (Å²) in [7, 11) is 0. The summed E-state index contributed by atoms with van der Waals surface area (Å²) >= 11 is 0. The van der Waals surface area contributed by atoms with Crippen molar-refractivity contribution in [3.05, 3.63) is 45.8 Å². The Morgan fingerprint density at radius 1 is 1.35 bits per heavy atom. The number of hydrogen-bond donors (Lipinski definition) is 1. The summed E-state index contributed by atoms with van der Waals surface area (Å²) in [4.78, 5) is 30.1. The number of pyridine rings is 1. The second-order valence-electron chi connectivity index (χ2n) is 5.06. The second-order valence-corrected chi connectivity index (χ2v) is 5.06. The molecule has 0 aliphatic rings. The predicted octanol–water partition coefficient (Wildman–Crippen LogP) is 3.36. The fourth-order valence-corrected chi connectivity index (χ4v) is 2.78. The topological polar surface area (TPSA) is 98.1 Å². The van der Waals surface area contributed by atoms with E-state index in [0.717, 1.165) is 22.0 Å². The average Bonchev–Trinajstić information content (AvgIpc) is 2.91. The first-order valence-corrected chi connectivity index (χ1v) is 7.31. The van der Waals surface area contributed by atoms with Crippen molar-refractivity contribution in [3.8, 4) is 0 Å². The minimum atomic E-state index is -0.481. The largest absolute Gasteiger partial charge is 0.461 e. The van der Waals surface area contributed by atoms with Gasteiger partial charge in [0.1, 0.15) is 0 Å². The third-order valence-corrected chi connectivity index (χ3v) is 3.75. The number of H-pyrrole nitrogens is 1. The van der Waals surface area contributed by atoms with Crippen molar-refractivity contribution in [2.45, 2.75) is 20.3 Å². The van der Waals surface area contributed by atoms with Crippen LogP contribution in [0.4, 0.5) is 5.69 Å². The van der Waals surface area contributed by atoms with Gasteiger partial charge >= 0.3 is 5.97 Å². The van der Waals surface area contributed by atoms with E-state index in [1.807, 2.05) is 6.92 Å². The third kappa shape index (κ3) is 2.40. The van der Waals surface area contributed by atoms with Gasteiger partial charge in [-0.2, -0.15) is 0 Å². The predicted molar refractivity (Wildman–Crippen MR) is 85.6 cm³/mol. The van der Waals surface area contributed by atoms with E-state index in [4.69, 9.17) is 4.74 Å². The monoisotopic (exact) mass is 313 g/mol. The average molecular weight is 313 g/mol. The van der Waals surface area contributed by atoms with Gasteiger partial charge in [-0.05, 0) is 25.0 Å². The SMILES string of the molecule is CCOC(=O)c1ncc2[nH]c3ccc([N+](=O)[O-])cc3c2c1CC. The zero-order valence-electron chi connectivity index (χ0n) is 12.8. The Hall–Kier alpha value is -2.96. The van der Waals surface area contributed by atoms with Crippen molar-refractivity contribution in [2.75, 3.05) is 6.61 Å². The van der Waals surface area contributed by atoms with Crippen molar-refractivity contribution < 1.29 is 14.5 Å². The summed E-state index contributed by atoms with van der Waals surface area (Å²) in [5.74, 6) is -0.481. The maximum Gasteiger partial charge on any atom is 0.357 e. The number of nitro groups is 1. The van der Waals surface area contributed by atoms with Gasteiger partial charge in [0.15, 0.2) is 5.69 Å². The molecule has 1 N–H and O–H groups in total. The molecule has 23 heavy (non-hydrogen) atoms. The smallest absolute Gasteiger partial charge is 0.357 e. The molecule has 0 fully saturated rings. The van der Waals surface area contributed by atoms with E-state index in [2.05, 4.69) is 9.97 Å². The highest BCUT2D eigenvalue weighted by Crippen LogP contribution is 2.32. The molecule has 0 radical (unpaired) electrons. The molecule has 1 aromatic carbocycles. The summed E-state index contributed by atoms with van der Waals surface area (Å²) in [6.07, 6.45) is 2.13. The molecule has 118 valence electrons. The van der Waals surface area contributed by atoms with Crippen molar-refractivity contribution in [1.82, 2.24) is 9.97 Å². The molecule has 0 atom stereocenters. The molecule has 0 unspecified atom stereocenters. The quantitative estimate of drug-likeness (QED) is 0.452. The standard InChI is InChI=1S/C16H15N3O4/c1-3-10-14-11-7-9(19(21)22)5-6-12(11)18-13(14)8-17-15(10)16(20)23-4-2/h5-8,18H,3-4H2,1-2H3. The van der Waals surface area contributed by atoms with Crippen molar-refractivity contribution >= 4 is 33.5 Å². The van der Waals surface area contributed by atoms with Crippen LogP contribution in [0.5, 0.6) is 0 Å². The van der Waals surface area contributed by atoms with E-state index in [-0.39, 0.29) is 18.0 Å². The summed E-state index contributed by atoms with van der Waals surface area (Å²) in [6.45, 7) is 3.91. The molecule has 7 heteroatoms. The number of fused-ring (bicyclic) bond motifs is 3. The lowest BCUT2D eigenvalue weighted by Crippen LogP contribution is -2.10. The molecule has 2 heterocycles. The molecule has 3 rings (SSSR count). The second kappa shape index (κ2) is 5.68. The number of carbonyl (C=O) groups is 1. The molecular weight excluding hydrogens is 298 g/mol. The van der Waals surface area contributed by atoms with Gasteiger partial charge < -0.3 is 9.72 Å². The van der Waals surface area contributed by atoms with Crippen LogP contribution in [-0.2, 0) is 11.2 Å². The lowest BCUT2D eigenvalue weighted by molar-refractivity contribution is -0.384. The highest BCUT2D eigenvalue weighted by Gasteiger charge is 2.20. The number of hydrogen-bond acceptors (Lipinski definition) is 5. The molecule has 0 bridgehead atoms. The van der Waals surface area contributed by atoms with Crippen molar-refractivity contribution in [3.63, 3.8) is 0 Å². The fourth-order valence-electron chi connectivity index (χ4n) is 2.78. The van der Waals surface area contributed by atoms with E-state index in [0.29, 0.717) is 11.8 Å². The molecule has 0 aliphatic carbocycles. The van der Waals surface area contributed by atoms with Gasteiger partial charge in [-0.25, -0.2) is 9.78 Å². The van der Waals surface area contributed by atoms with E-state index in [1.165, 1.54) is 12.1 Å². The zero-order valence-corrected chi connectivity index (χ0v) is 12.8. The minimum Gasteiger partial charge on any atom is -0.461 e. The third-order valence-electron chi connectivity index (χ3n) is 3.75. The van der Waals surface area contributed by atoms with E-state index < -0.39 is 10.9 Å². The first kappa shape index (κ1) is 15.0. The van der Waals surface area contributed by atoms with Gasteiger partial charge in [-0.1, -0.05) is 6.92 Å². The van der Waals surface area contributed by atoms with E-state index in [1.54, 1.807) is 19.2 Å². The Balaban J connectivity index is 2.35. The number of carbonyl (C=O) groups excluding carboxylic acids is 1. The van der Waals surface area contributed by atoms with Crippen LogP contribution in [0.3, 0.4) is 0 Å². The number of non-ortho nitro benzene ring substituents is 1. The molecule has 7 nitrogen and oxygen atoms in total. The Bertz CT molecular complexity index is 930. The number of benzene rings is 1. The molecule has 0 saturated heterocycles. The number of esters is 1. The number of nitrogens with zero attached hydrogens (tertiary/aromatic N) is 2. The number of aromatic nitrogens is 2. The number of aryl methyl sites for hydroxylation is 1. The van der Waals surface area contributed by atoms with Crippen LogP contribution in [0.2, 0.25) is 0 Å². The molecule has 2 aromatic heterocycles. The van der Waals surface area contributed by atoms with Crippen LogP contribution in [0.25, 0.3) is 21.8 Å². The molecule has 0 saturated carbocycles. The van der Waals surface area contributed by atoms with E-state index >= 15 is 0 Å². The van der Waals surface area contributed by atoms with Gasteiger partial charge in [0, 0.05) is 28.4 Å². The van der Waals surface area contributed by atoms with Crippen LogP contribution in [-0.4, -0.2) is 27.5 Å². The Labute approximate surface area is 131 Å². The Morgan fingerprint density at radius 3 is 2.78 bits per heavy atom. The van der Waals surface area contributed by atoms with Gasteiger partial charge in [-0.15, -0.1) is 0 Å². The van der Waals surface area contributed by atoms with Crippen molar-refractivity contribution in [1.29, 1.82) is 0 Å². The number of ether oxygens (including phenoxy) is 1. The lowest BCUT2D eigenvalue weighted by Gasteiger charge is -2.07. The zero-order chi connectivity index (χ0) is 16.6. The Morgan fingerprint density at radius 2 is 2.13 bits per heavy atom. The van der Waals surface area contributed by atoms with Crippen LogP contribution in [0.15, 0.2) is 24.4 Å². The fraction of sp³-hybridized carbons (Fsp3) is 0.250. The molecule has 3 aromatic rings. The van der Waals surface area contributed by atoms with Crippen molar-refractivity contribution in [2.24, 2.45) is 0 Å². The van der Waals surface area contributed by atoms with Crippen LogP contribution in [0, 0.1) is 10.1 Å². The highest BCUT2D eigenvalue weighted by atomic mass is 16.6. The minimum absolute atomic E-state index is 0.00921. The maximum absolute atomic E-state index is 12.1. The summed E-state index contributed by atoms with van der Waals surface area (Å²) in [5.41, 5.74) is 2.51.